The minimum atomic E-state index is -0.200. The number of nitrogens with zero attached hydrogens (tertiary/aromatic N) is 3. The molecule has 1 fully saturated rings. The number of anilines is 1. The van der Waals surface area contributed by atoms with Gasteiger partial charge in [-0.15, -0.1) is 12.4 Å². The van der Waals surface area contributed by atoms with Crippen LogP contribution in [0.15, 0.2) is 17.1 Å². The van der Waals surface area contributed by atoms with Crippen molar-refractivity contribution in [2.24, 2.45) is 0 Å². The van der Waals surface area contributed by atoms with Crippen LogP contribution >= 0.6 is 12.4 Å². The lowest BCUT2D eigenvalue weighted by atomic mass is 10.3. The van der Waals surface area contributed by atoms with E-state index in [-0.39, 0.29) is 18.1 Å². The third-order valence-electron chi connectivity index (χ3n) is 3.60. The van der Waals surface area contributed by atoms with Crippen molar-refractivity contribution in [3.63, 3.8) is 0 Å². The first kappa shape index (κ1) is 15.8. The third kappa shape index (κ3) is 3.55. The number of aryl methyl sites for hydroxylation is 1. The van der Waals surface area contributed by atoms with Crippen molar-refractivity contribution in [1.29, 1.82) is 0 Å². The standard InChI is InChI=1S/C13H20N6O.ClH/c1-10-8-11(12-16-17-13(20)19(12)9-10)15-4-7-18-5-2-14-3-6-18;/h8-9,14-15H,2-7H2,1H3,(H,17,20);1H. The fourth-order valence-corrected chi connectivity index (χ4v) is 2.56. The highest BCUT2D eigenvalue weighted by molar-refractivity contribution is 5.85. The van der Waals surface area contributed by atoms with Gasteiger partial charge in [0.2, 0.25) is 0 Å². The molecule has 0 bridgehead atoms. The maximum Gasteiger partial charge on any atom is 0.347 e. The molecular formula is C13H21ClN6O. The van der Waals surface area contributed by atoms with E-state index in [1.807, 2.05) is 13.0 Å². The summed E-state index contributed by atoms with van der Waals surface area (Å²) in [4.78, 5) is 14.0. The number of piperazine rings is 1. The molecular weight excluding hydrogens is 292 g/mol. The number of pyridine rings is 1. The number of hydrogen-bond donors (Lipinski definition) is 3. The number of aromatic nitrogens is 3. The second-order valence-electron chi connectivity index (χ2n) is 5.17. The van der Waals surface area contributed by atoms with Gasteiger partial charge in [-0.2, -0.15) is 5.10 Å². The molecule has 0 aromatic carbocycles. The molecule has 0 amide bonds. The van der Waals surface area contributed by atoms with Crippen LogP contribution in [0, 0.1) is 6.92 Å². The quantitative estimate of drug-likeness (QED) is 0.745. The third-order valence-corrected chi connectivity index (χ3v) is 3.60. The average Bonchev–Trinajstić information content (AvgIpc) is 2.82. The number of halogens is 1. The summed E-state index contributed by atoms with van der Waals surface area (Å²) in [6.45, 7) is 8.11. The van der Waals surface area contributed by atoms with Crippen LogP contribution in [0.1, 0.15) is 5.56 Å². The lowest BCUT2D eigenvalue weighted by Gasteiger charge is -2.27. The lowest BCUT2D eigenvalue weighted by molar-refractivity contribution is 0.249. The molecule has 7 nitrogen and oxygen atoms in total. The molecule has 3 rings (SSSR count). The van der Waals surface area contributed by atoms with Crippen LogP contribution in [0.3, 0.4) is 0 Å². The highest BCUT2D eigenvalue weighted by atomic mass is 35.5. The van der Waals surface area contributed by atoms with Gasteiger partial charge in [0.25, 0.3) is 0 Å². The first-order valence-corrected chi connectivity index (χ1v) is 6.98. The van der Waals surface area contributed by atoms with E-state index in [9.17, 15) is 4.79 Å². The largest absolute Gasteiger partial charge is 0.381 e. The Labute approximate surface area is 129 Å². The summed E-state index contributed by atoms with van der Waals surface area (Å²) >= 11 is 0. The SMILES string of the molecule is Cc1cc(NCCN2CCNCC2)c2n[nH]c(=O)n2c1.Cl. The molecule has 3 heterocycles. The topological polar surface area (TPSA) is 77.5 Å². The van der Waals surface area contributed by atoms with Crippen LogP contribution in [-0.4, -0.2) is 58.8 Å². The van der Waals surface area contributed by atoms with Crippen molar-refractivity contribution < 1.29 is 0 Å². The van der Waals surface area contributed by atoms with E-state index in [2.05, 4.69) is 25.7 Å². The molecule has 0 atom stereocenters. The molecule has 3 N–H and O–H groups in total. The predicted molar refractivity (Wildman–Crippen MR) is 85.6 cm³/mol. The molecule has 2 aromatic heterocycles. The van der Waals surface area contributed by atoms with Gasteiger partial charge >= 0.3 is 5.69 Å². The molecule has 0 aliphatic carbocycles. The molecule has 1 aliphatic rings. The summed E-state index contributed by atoms with van der Waals surface area (Å²) in [6, 6.07) is 2.02. The zero-order valence-corrected chi connectivity index (χ0v) is 12.9. The average molecular weight is 313 g/mol. The Kier molecular flexibility index (Phi) is 5.22. The highest BCUT2D eigenvalue weighted by Crippen LogP contribution is 2.14. The second kappa shape index (κ2) is 6.93. The van der Waals surface area contributed by atoms with E-state index >= 15 is 0 Å². The number of H-pyrrole nitrogens is 1. The van der Waals surface area contributed by atoms with E-state index in [0.29, 0.717) is 5.65 Å². The van der Waals surface area contributed by atoms with Crippen LogP contribution in [0.25, 0.3) is 5.65 Å². The summed E-state index contributed by atoms with van der Waals surface area (Å²) in [7, 11) is 0. The highest BCUT2D eigenvalue weighted by Gasteiger charge is 2.10. The minimum Gasteiger partial charge on any atom is -0.381 e. The smallest absolute Gasteiger partial charge is 0.347 e. The normalized spacial score (nSPS) is 15.9. The number of nitrogens with one attached hydrogen (secondary N) is 3. The molecule has 0 unspecified atom stereocenters. The van der Waals surface area contributed by atoms with Crippen molar-refractivity contribution in [3.8, 4) is 0 Å². The van der Waals surface area contributed by atoms with Gasteiger partial charge < -0.3 is 10.6 Å². The van der Waals surface area contributed by atoms with Crippen molar-refractivity contribution >= 4 is 23.7 Å². The second-order valence-corrected chi connectivity index (χ2v) is 5.17. The summed E-state index contributed by atoms with van der Waals surface area (Å²) in [6.07, 6.45) is 1.79. The fraction of sp³-hybridized carbons (Fsp3) is 0.538. The molecule has 1 saturated heterocycles. The van der Waals surface area contributed by atoms with Gasteiger partial charge in [-0.1, -0.05) is 0 Å². The number of fused-ring (bicyclic) bond motifs is 1. The van der Waals surface area contributed by atoms with Gasteiger partial charge in [0.15, 0.2) is 5.65 Å². The Morgan fingerprint density at radius 2 is 2.14 bits per heavy atom. The number of rotatable bonds is 4. The van der Waals surface area contributed by atoms with E-state index in [1.165, 1.54) is 0 Å². The Morgan fingerprint density at radius 1 is 1.38 bits per heavy atom. The van der Waals surface area contributed by atoms with Crippen LogP contribution in [0.2, 0.25) is 0 Å². The van der Waals surface area contributed by atoms with Gasteiger partial charge in [0, 0.05) is 45.5 Å². The van der Waals surface area contributed by atoms with E-state index in [4.69, 9.17) is 0 Å². The van der Waals surface area contributed by atoms with Crippen LogP contribution in [0.5, 0.6) is 0 Å². The van der Waals surface area contributed by atoms with Gasteiger partial charge in [-0.05, 0) is 18.6 Å². The molecule has 8 heteroatoms. The van der Waals surface area contributed by atoms with Crippen molar-refractivity contribution in [2.45, 2.75) is 6.92 Å². The van der Waals surface area contributed by atoms with E-state index < -0.39 is 0 Å². The first-order chi connectivity index (χ1) is 9.74. The molecule has 0 saturated carbocycles. The molecule has 0 radical (unpaired) electrons. The monoisotopic (exact) mass is 312 g/mol. The summed E-state index contributed by atoms with van der Waals surface area (Å²) < 4.78 is 1.54. The van der Waals surface area contributed by atoms with Crippen LogP contribution in [-0.2, 0) is 0 Å². The van der Waals surface area contributed by atoms with E-state index in [0.717, 1.165) is 50.5 Å². The molecule has 21 heavy (non-hydrogen) atoms. The van der Waals surface area contributed by atoms with Crippen molar-refractivity contribution in [1.82, 2.24) is 24.8 Å². The van der Waals surface area contributed by atoms with Gasteiger partial charge in [0.1, 0.15) is 0 Å². The Bertz CT molecular complexity index is 646. The summed E-state index contributed by atoms with van der Waals surface area (Å²) in [5.41, 5.74) is 2.39. The number of aromatic amines is 1. The zero-order chi connectivity index (χ0) is 13.9. The first-order valence-electron chi connectivity index (χ1n) is 6.98. The Hall–Kier alpha value is -1.57. The fourth-order valence-electron chi connectivity index (χ4n) is 2.56. The van der Waals surface area contributed by atoms with Crippen LogP contribution in [0.4, 0.5) is 5.69 Å². The van der Waals surface area contributed by atoms with Crippen molar-refractivity contribution in [3.05, 3.63) is 28.3 Å². The maximum atomic E-state index is 11.6. The van der Waals surface area contributed by atoms with Gasteiger partial charge in [-0.3, -0.25) is 4.90 Å². The van der Waals surface area contributed by atoms with Gasteiger partial charge in [-0.25, -0.2) is 14.3 Å². The minimum absolute atomic E-state index is 0. The Morgan fingerprint density at radius 3 is 2.90 bits per heavy atom. The summed E-state index contributed by atoms with van der Waals surface area (Å²) in [5.74, 6) is 0. The lowest BCUT2D eigenvalue weighted by Crippen LogP contribution is -2.45. The van der Waals surface area contributed by atoms with Crippen LogP contribution < -0.4 is 16.3 Å². The maximum absolute atomic E-state index is 11.6. The molecule has 1 aliphatic heterocycles. The predicted octanol–water partition coefficient (Wildman–Crippen LogP) is 0.0699. The molecule has 0 spiro atoms. The zero-order valence-electron chi connectivity index (χ0n) is 12.1. The van der Waals surface area contributed by atoms with Gasteiger partial charge in [0.05, 0.1) is 5.69 Å². The molecule has 116 valence electrons. The molecule has 2 aromatic rings. The summed E-state index contributed by atoms with van der Waals surface area (Å²) in [5, 5.41) is 13.3. The van der Waals surface area contributed by atoms with Crippen molar-refractivity contribution in [2.75, 3.05) is 44.6 Å². The Balaban J connectivity index is 0.00000161. The van der Waals surface area contributed by atoms with E-state index in [1.54, 1.807) is 10.6 Å². The number of hydrogen-bond acceptors (Lipinski definition) is 5.